The summed E-state index contributed by atoms with van der Waals surface area (Å²) in [5.74, 6) is 0.885. The van der Waals surface area contributed by atoms with Crippen LogP contribution < -0.4 is 5.32 Å². The van der Waals surface area contributed by atoms with Crippen molar-refractivity contribution in [3.05, 3.63) is 41.7 Å². The zero-order valence-electron chi connectivity index (χ0n) is 9.83. The third-order valence-electron chi connectivity index (χ3n) is 3.10. The van der Waals surface area contributed by atoms with E-state index in [-0.39, 0.29) is 0 Å². The van der Waals surface area contributed by atoms with Crippen molar-refractivity contribution < 1.29 is 0 Å². The second kappa shape index (κ2) is 3.66. The third kappa shape index (κ3) is 1.58. The zero-order valence-corrected chi connectivity index (χ0v) is 9.83. The van der Waals surface area contributed by atoms with Gasteiger partial charge in [0.25, 0.3) is 0 Å². The molecule has 0 aliphatic rings. The Bertz CT molecular complexity index is 663. The summed E-state index contributed by atoms with van der Waals surface area (Å²) < 4.78 is 0. The lowest BCUT2D eigenvalue weighted by atomic mass is 10.2. The van der Waals surface area contributed by atoms with Crippen LogP contribution in [0.2, 0.25) is 0 Å². The predicted octanol–water partition coefficient (Wildman–Crippen LogP) is 3.25. The number of aromatic nitrogens is 3. The van der Waals surface area contributed by atoms with E-state index in [4.69, 9.17) is 0 Å². The molecule has 0 bridgehead atoms. The molecule has 3 rings (SSSR count). The number of anilines is 2. The van der Waals surface area contributed by atoms with Crippen molar-refractivity contribution in [3.63, 3.8) is 0 Å². The van der Waals surface area contributed by atoms with Crippen molar-refractivity contribution in [2.24, 2.45) is 0 Å². The highest BCUT2D eigenvalue weighted by atomic mass is 15.2. The molecule has 0 fully saturated rings. The molecular formula is C13H14N4. The van der Waals surface area contributed by atoms with Gasteiger partial charge in [-0.1, -0.05) is 6.07 Å². The van der Waals surface area contributed by atoms with Crippen molar-refractivity contribution in [2.75, 3.05) is 5.32 Å². The Morgan fingerprint density at radius 2 is 2.06 bits per heavy atom. The Balaban J connectivity index is 2.05. The molecule has 3 N–H and O–H groups in total. The molecule has 2 aromatic heterocycles. The molecule has 4 heteroatoms. The van der Waals surface area contributed by atoms with Crippen molar-refractivity contribution in [1.82, 2.24) is 15.2 Å². The number of benzene rings is 1. The van der Waals surface area contributed by atoms with Crippen molar-refractivity contribution >= 4 is 22.4 Å². The van der Waals surface area contributed by atoms with Crippen LogP contribution in [0.25, 0.3) is 10.9 Å². The number of fused-ring (bicyclic) bond motifs is 1. The average molecular weight is 226 g/mol. The number of hydrogen-bond donors (Lipinski definition) is 3. The number of aromatic amines is 2. The van der Waals surface area contributed by atoms with E-state index >= 15 is 0 Å². The number of rotatable bonds is 2. The Kier molecular flexibility index (Phi) is 2.14. The maximum Gasteiger partial charge on any atom is 0.155 e. The Morgan fingerprint density at radius 1 is 1.18 bits per heavy atom. The van der Waals surface area contributed by atoms with Gasteiger partial charge in [0.1, 0.15) is 0 Å². The second-order valence-electron chi connectivity index (χ2n) is 4.19. The molecule has 0 radical (unpaired) electrons. The van der Waals surface area contributed by atoms with Crippen LogP contribution in [0.4, 0.5) is 11.5 Å². The van der Waals surface area contributed by atoms with Gasteiger partial charge in [-0.3, -0.25) is 5.10 Å². The summed E-state index contributed by atoms with van der Waals surface area (Å²) in [5.41, 5.74) is 4.43. The van der Waals surface area contributed by atoms with E-state index in [1.807, 2.05) is 19.2 Å². The summed E-state index contributed by atoms with van der Waals surface area (Å²) in [6.45, 7) is 4.07. The molecule has 0 saturated carbocycles. The van der Waals surface area contributed by atoms with Crippen LogP contribution in [0.15, 0.2) is 30.5 Å². The van der Waals surface area contributed by atoms with Gasteiger partial charge < -0.3 is 10.3 Å². The van der Waals surface area contributed by atoms with Crippen LogP contribution in [0.5, 0.6) is 0 Å². The highest BCUT2D eigenvalue weighted by molar-refractivity contribution is 5.93. The van der Waals surface area contributed by atoms with Crippen LogP contribution in [-0.4, -0.2) is 15.2 Å². The Morgan fingerprint density at radius 3 is 2.82 bits per heavy atom. The molecule has 0 unspecified atom stereocenters. The lowest BCUT2D eigenvalue weighted by molar-refractivity contribution is 1.05. The molecular weight excluding hydrogens is 212 g/mol. The summed E-state index contributed by atoms with van der Waals surface area (Å²) in [7, 11) is 0. The molecule has 1 aromatic carbocycles. The molecule has 86 valence electrons. The largest absolute Gasteiger partial charge is 0.361 e. The maximum atomic E-state index is 4.26. The van der Waals surface area contributed by atoms with E-state index in [1.54, 1.807) is 0 Å². The fourth-order valence-corrected chi connectivity index (χ4v) is 1.93. The first-order chi connectivity index (χ1) is 8.25. The Hall–Kier alpha value is -2.23. The normalized spacial score (nSPS) is 10.9. The number of nitrogens with one attached hydrogen (secondary N) is 3. The molecule has 0 atom stereocenters. The number of aryl methyl sites for hydroxylation is 1. The van der Waals surface area contributed by atoms with E-state index < -0.39 is 0 Å². The van der Waals surface area contributed by atoms with Gasteiger partial charge in [-0.15, -0.1) is 0 Å². The van der Waals surface area contributed by atoms with Crippen LogP contribution in [0, 0.1) is 13.8 Å². The minimum atomic E-state index is 0.885. The van der Waals surface area contributed by atoms with Gasteiger partial charge in [0.2, 0.25) is 0 Å². The maximum absolute atomic E-state index is 4.26. The molecule has 3 aromatic rings. The highest BCUT2D eigenvalue weighted by Crippen LogP contribution is 2.26. The molecule has 0 spiro atoms. The van der Waals surface area contributed by atoms with Gasteiger partial charge in [0.15, 0.2) is 5.82 Å². The lowest BCUT2D eigenvalue weighted by Crippen LogP contribution is -1.93. The van der Waals surface area contributed by atoms with Gasteiger partial charge in [0.05, 0.1) is 0 Å². The van der Waals surface area contributed by atoms with Crippen molar-refractivity contribution in [2.45, 2.75) is 13.8 Å². The first-order valence-corrected chi connectivity index (χ1v) is 5.60. The summed E-state index contributed by atoms with van der Waals surface area (Å²) >= 11 is 0. The van der Waals surface area contributed by atoms with E-state index in [0.717, 1.165) is 28.3 Å². The number of H-pyrrole nitrogens is 2. The minimum absolute atomic E-state index is 0.885. The van der Waals surface area contributed by atoms with E-state index in [2.05, 4.69) is 45.6 Å². The molecule has 17 heavy (non-hydrogen) atoms. The van der Waals surface area contributed by atoms with Crippen LogP contribution in [0.1, 0.15) is 11.3 Å². The van der Waals surface area contributed by atoms with Gasteiger partial charge in [-0.25, -0.2) is 0 Å². The standard InChI is InChI=1S/C13H14N4/c1-8-9(2)16-17-13(8)15-12-5-3-4-11-10(12)6-7-14-11/h3-7,14H,1-2H3,(H2,15,16,17). The van der Waals surface area contributed by atoms with Gasteiger partial charge in [-0.2, -0.15) is 5.10 Å². The molecule has 4 nitrogen and oxygen atoms in total. The average Bonchev–Trinajstić information content (AvgIpc) is 2.91. The first kappa shape index (κ1) is 9.96. The van der Waals surface area contributed by atoms with Crippen LogP contribution >= 0.6 is 0 Å². The fraction of sp³-hybridized carbons (Fsp3) is 0.154. The fourth-order valence-electron chi connectivity index (χ4n) is 1.93. The molecule has 2 heterocycles. The summed E-state index contributed by atoms with van der Waals surface area (Å²) in [6.07, 6.45) is 1.94. The predicted molar refractivity (Wildman–Crippen MR) is 69.6 cm³/mol. The van der Waals surface area contributed by atoms with Gasteiger partial charge in [0, 0.05) is 34.0 Å². The van der Waals surface area contributed by atoms with Crippen LogP contribution in [0.3, 0.4) is 0 Å². The SMILES string of the molecule is Cc1[nH]nc(Nc2cccc3[nH]ccc23)c1C. The monoisotopic (exact) mass is 226 g/mol. The minimum Gasteiger partial charge on any atom is -0.361 e. The Labute approximate surface area is 99.1 Å². The zero-order chi connectivity index (χ0) is 11.8. The van der Waals surface area contributed by atoms with E-state index in [9.17, 15) is 0 Å². The van der Waals surface area contributed by atoms with E-state index in [1.165, 1.54) is 5.39 Å². The summed E-state index contributed by atoms with van der Waals surface area (Å²) in [6, 6.07) is 8.20. The number of nitrogens with zero attached hydrogens (tertiary/aromatic N) is 1. The first-order valence-electron chi connectivity index (χ1n) is 5.60. The molecule has 0 aliphatic carbocycles. The topological polar surface area (TPSA) is 56.5 Å². The lowest BCUT2D eigenvalue weighted by Gasteiger charge is -2.05. The van der Waals surface area contributed by atoms with E-state index in [0.29, 0.717) is 0 Å². The van der Waals surface area contributed by atoms with Crippen LogP contribution in [-0.2, 0) is 0 Å². The molecule has 0 amide bonds. The smallest absolute Gasteiger partial charge is 0.155 e. The third-order valence-corrected chi connectivity index (χ3v) is 3.10. The number of hydrogen-bond acceptors (Lipinski definition) is 2. The summed E-state index contributed by atoms with van der Waals surface area (Å²) in [5, 5.41) is 11.8. The van der Waals surface area contributed by atoms with Crippen molar-refractivity contribution in [1.29, 1.82) is 0 Å². The molecule has 0 aliphatic heterocycles. The van der Waals surface area contributed by atoms with Gasteiger partial charge >= 0.3 is 0 Å². The van der Waals surface area contributed by atoms with Crippen molar-refractivity contribution in [3.8, 4) is 0 Å². The summed E-state index contributed by atoms with van der Waals surface area (Å²) in [4.78, 5) is 3.20. The van der Waals surface area contributed by atoms with Gasteiger partial charge in [-0.05, 0) is 32.0 Å². The highest BCUT2D eigenvalue weighted by Gasteiger charge is 2.07. The second-order valence-corrected chi connectivity index (χ2v) is 4.19. The quantitative estimate of drug-likeness (QED) is 0.628. The molecule has 0 saturated heterocycles.